The lowest BCUT2D eigenvalue weighted by molar-refractivity contribution is 0.382. The standard InChI is InChI=1S/C10H21N/c1-6-11(5)8-10(4)7-9(2)3/h7,9H,6,8H2,1-5H3. The van der Waals surface area contributed by atoms with Gasteiger partial charge in [0.05, 0.1) is 0 Å². The van der Waals surface area contributed by atoms with Crippen molar-refractivity contribution in [3.05, 3.63) is 11.6 Å². The maximum absolute atomic E-state index is 2.33. The molecule has 0 radical (unpaired) electrons. The Bertz CT molecular complexity index is 125. The molecule has 0 saturated carbocycles. The van der Waals surface area contributed by atoms with Crippen LogP contribution in [-0.4, -0.2) is 25.0 Å². The van der Waals surface area contributed by atoms with Crippen molar-refractivity contribution in [2.24, 2.45) is 5.92 Å². The van der Waals surface area contributed by atoms with Gasteiger partial charge < -0.3 is 4.90 Å². The van der Waals surface area contributed by atoms with Crippen LogP contribution in [0.1, 0.15) is 27.7 Å². The minimum atomic E-state index is 0.681. The first-order valence-electron chi connectivity index (χ1n) is 4.42. The molecule has 0 aromatic carbocycles. The van der Waals surface area contributed by atoms with E-state index in [1.165, 1.54) is 5.57 Å². The average Bonchev–Trinajstić information content (AvgIpc) is 1.85. The summed E-state index contributed by atoms with van der Waals surface area (Å²) in [7, 11) is 2.15. The monoisotopic (exact) mass is 155 g/mol. The third kappa shape index (κ3) is 6.11. The van der Waals surface area contributed by atoms with Gasteiger partial charge in [0.15, 0.2) is 0 Å². The molecule has 0 atom stereocenters. The van der Waals surface area contributed by atoms with Crippen LogP contribution in [0.25, 0.3) is 0 Å². The molecule has 0 fully saturated rings. The topological polar surface area (TPSA) is 3.24 Å². The molecule has 0 bridgehead atoms. The first-order valence-corrected chi connectivity index (χ1v) is 4.42. The highest BCUT2D eigenvalue weighted by Gasteiger charge is 1.96. The number of hydrogen-bond acceptors (Lipinski definition) is 1. The minimum Gasteiger partial charge on any atom is -0.303 e. The van der Waals surface area contributed by atoms with Crippen LogP contribution in [0.15, 0.2) is 11.6 Å². The first kappa shape index (κ1) is 10.7. The zero-order valence-corrected chi connectivity index (χ0v) is 8.52. The summed E-state index contributed by atoms with van der Waals surface area (Å²) in [6, 6.07) is 0. The Morgan fingerprint density at radius 2 is 2.00 bits per heavy atom. The fraction of sp³-hybridized carbons (Fsp3) is 0.800. The van der Waals surface area contributed by atoms with E-state index >= 15 is 0 Å². The summed E-state index contributed by atoms with van der Waals surface area (Å²) in [5.41, 5.74) is 1.48. The molecule has 0 spiro atoms. The Morgan fingerprint density at radius 3 is 2.36 bits per heavy atom. The first-order chi connectivity index (χ1) is 5.06. The molecule has 66 valence electrons. The normalized spacial score (nSPS) is 13.2. The van der Waals surface area contributed by atoms with E-state index < -0.39 is 0 Å². The third-order valence-corrected chi connectivity index (χ3v) is 1.68. The summed E-state index contributed by atoms with van der Waals surface area (Å²) >= 11 is 0. The highest BCUT2D eigenvalue weighted by molar-refractivity contribution is 5.01. The van der Waals surface area contributed by atoms with Gasteiger partial charge in [-0.2, -0.15) is 0 Å². The smallest absolute Gasteiger partial charge is 0.0187 e. The van der Waals surface area contributed by atoms with Crippen LogP contribution >= 0.6 is 0 Å². The second-order valence-electron chi connectivity index (χ2n) is 3.59. The van der Waals surface area contributed by atoms with E-state index in [9.17, 15) is 0 Å². The molecular formula is C10H21N. The van der Waals surface area contributed by atoms with E-state index in [2.05, 4.69) is 45.7 Å². The van der Waals surface area contributed by atoms with E-state index in [0.29, 0.717) is 5.92 Å². The van der Waals surface area contributed by atoms with Gasteiger partial charge in [0.1, 0.15) is 0 Å². The molecule has 0 aromatic heterocycles. The van der Waals surface area contributed by atoms with Gasteiger partial charge in [-0.15, -0.1) is 0 Å². The molecule has 0 N–H and O–H groups in total. The lowest BCUT2D eigenvalue weighted by Gasteiger charge is -2.14. The van der Waals surface area contributed by atoms with Crippen LogP contribution in [0.4, 0.5) is 0 Å². The summed E-state index contributed by atoms with van der Waals surface area (Å²) in [6.45, 7) is 11.1. The average molecular weight is 155 g/mol. The molecule has 0 aliphatic heterocycles. The summed E-state index contributed by atoms with van der Waals surface area (Å²) in [6.07, 6.45) is 2.33. The maximum atomic E-state index is 2.33. The predicted octanol–water partition coefficient (Wildman–Crippen LogP) is 2.54. The fourth-order valence-corrected chi connectivity index (χ4v) is 1.16. The predicted molar refractivity (Wildman–Crippen MR) is 51.8 cm³/mol. The van der Waals surface area contributed by atoms with Gasteiger partial charge in [-0.25, -0.2) is 0 Å². The Hall–Kier alpha value is -0.300. The van der Waals surface area contributed by atoms with Crippen molar-refractivity contribution >= 4 is 0 Å². The van der Waals surface area contributed by atoms with Crippen molar-refractivity contribution in [2.45, 2.75) is 27.7 Å². The van der Waals surface area contributed by atoms with E-state index in [4.69, 9.17) is 0 Å². The van der Waals surface area contributed by atoms with Crippen LogP contribution in [-0.2, 0) is 0 Å². The second-order valence-corrected chi connectivity index (χ2v) is 3.59. The lowest BCUT2D eigenvalue weighted by atomic mass is 10.1. The molecule has 0 aromatic rings. The van der Waals surface area contributed by atoms with Crippen molar-refractivity contribution < 1.29 is 0 Å². The number of allylic oxidation sites excluding steroid dienone is 1. The number of likely N-dealkylation sites (N-methyl/N-ethyl adjacent to an activating group) is 1. The van der Waals surface area contributed by atoms with Crippen molar-refractivity contribution in [2.75, 3.05) is 20.1 Å². The quantitative estimate of drug-likeness (QED) is 0.564. The van der Waals surface area contributed by atoms with Gasteiger partial charge in [0.25, 0.3) is 0 Å². The van der Waals surface area contributed by atoms with Gasteiger partial charge in [0.2, 0.25) is 0 Å². The highest BCUT2D eigenvalue weighted by Crippen LogP contribution is 2.02. The Balaban J connectivity index is 3.76. The third-order valence-electron chi connectivity index (χ3n) is 1.68. The summed E-state index contributed by atoms with van der Waals surface area (Å²) in [5, 5.41) is 0. The maximum Gasteiger partial charge on any atom is 0.0187 e. The second kappa shape index (κ2) is 5.36. The van der Waals surface area contributed by atoms with Gasteiger partial charge in [-0.05, 0) is 26.4 Å². The molecule has 0 aliphatic carbocycles. The molecule has 11 heavy (non-hydrogen) atoms. The fourth-order valence-electron chi connectivity index (χ4n) is 1.16. The number of rotatable bonds is 4. The van der Waals surface area contributed by atoms with Crippen molar-refractivity contribution in [1.29, 1.82) is 0 Å². The molecule has 1 heteroatoms. The van der Waals surface area contributed by atoms with E-state index in [-0.39, 0.29) is 0 Å². The zero-order chi connectivity index (χ0) is 8.85. The molecule has 0 rings (SSSR count). The van der Waals surface area contributed by atoms with Gasteiger partial charge in [-0.3, -0.25) is 0 Å². The SMILES string of the molecule is CCN(C)CC(C)=CC(C)C. The van der Waals surface area contributed by atoms with E-state index in [0.717, 1.165) is 13.1 Å². The van der Waals surface area contributed by atoms with E-state index in [1.54, 1.807) is 0 Å². The lowest BCUT2D eigenvalue weighted by Crippen LogP contribution is -2.19. The Morgan fingerprint density at radius 1 is 1.45 bits per heavy atom. The largest absolute Gasteiger partial charge is 0.303 e. The molecule has 0 heterocycles. The summed E-state index contributed by atoms with van der Waals surface area (Å²) < 4.78 is 0. The summed E-state index contributed by atoms with van der Waals surface area (Å²) in [4.78, 5) is 2.31. The van der Waals surface area contributed by atoms with Crippen LogP contribution in [0.2, 0.25) is 0 Å². The van der Waals surface area contributed by atoms with Gasteiger partial charge in [0, 0.05) is 6.54 Å². The Labute approximate surface area is 71.1 Å². The Kier molecular flexibility index (Phi) is 5.22. The van der Waals surface area contributed by atoms with Crippen LogP contribution < -0.4 is 0 Å². The molecule has 0 aliphatic rings. The zero-order valence-electron chi connectivity index (χ0n) is 8.52. The van der Waals surface area contributed by atoms with Crippen molar-refractivity contribution in [1.82, 2.24) is 4.90 Å². The van der Waals surface area contributed by atoms with E-state index in [1.807, 2.05) is 0 Å². The number of hydrogen-bond donors (Lipinski definition) is 0. The van der Waals surface area contributed by atoms with Gasteiger partial charge >= 0.3 is 0 Å². The molecule has 0 amide bonds. The van der Waals surface area contributed by atoms with Crippen molar-refractivity contribution in [3.63, 3.8) is 0 Å². The van der Waals surface area contributed by atoms with Crippen LogP contribution in [0, 0.1) is 5.92 Å². The molecule has 1 nitrogen and oxygen atoms in total. The molecular weight excluding hydrogens is 134 g/mol. The van der Waals surface area contributed by atoms with Gasteiger partial charge in [-0.1, -0.05) is 32.4 Å². The van der Waals surface area contributed by atoms with Crippen LogP contribution in [0.5, 0.6) is 0 Å². The summed E-state index contributed by atoms with van der Waals surface area (Å²) in [5.74, 6) is 0.681. The minimum absolute atomic E-state index is 0.681. The molecule has 0 unspecified atom stereocenters. The number of nitrogens with zero attached hydrogens (tertiary/aromatic N) is 1. The van der Waals surface area contributed by atoms with Crippen LogP contribution in [0.3, 0.4) is 0 Å². The highest BCUT2D eigenvalue weighted by atomic mass is 15.1. The van der Waals surface area contributed by atoms with Crippen molar-refractivity contribution in [3.8, 4) is 0 Å². The molecule has 0 saturated heterocycles.